The van der Waals surface area contributed by atoms with Gasteiger partial charge in [-0.25, -0.2) is 0 Å². The van der Waals surface area contributed by atoms with Gasteiger partial charge in [-0.3, -0.25) is 9.59 Å². The van der Waals surface area contributed by atoms with E-state index in [9.17, 15) is 14.7 Å². The minimum Gasteiger partial charge on any atom is -0.510 e. The van der Waals surface area contributed by atoms with Gasteiger partial charge in [0.1, 0.15) is 11.5 Å². The van der Waals surface area contributed by atoms with E-state index in [0.29, 0.717) is 22.8 Å². The number of benzene rings is 2. The molecule has 0 fully saturated rings. The molecule has 0 heterocycles. The van der Waals surface area contributed by atoms with E-state index in [1.807, 2.05) is 24.3 Å². The van der Waals surface area contributed by atoms with E-state index in [0.717, 1.165) is 19.3 Å². The van der Waals surface area contributed by atoms with Gasteiger partial charge in [-0.05, 0) is 49.6 Å². The van der Waals surface area contributed by atoms with Crippen LogP contribution in [-0.4, -0.2) is 24.0 Å². The molecule has 0 bridgehead atoms. The summed E-state index contributed by atoms with van der Waals surface area (Å²) >= 11 is 0. The number of anilines is 2. The highest BCUT2D eigenvalue weighted by molar-refractivity contribution is 6.04. The molecule has 31 heavy (non-hydrogen) atoms. The molecular weight excluding hydrogens is 396 g/mol. The molecule has 2 amide bonds. The Labute approximate surface area is 182 Å². The Bertz CT molecular complexity index is 978. The molecule has 0 aliphatic heterocycles. The summed E-state index contributed by atoms with van der Waals surface area (Å²) in [7, 11) is 1.44. The number of nitrogens with zero attached hydrogens (tertiary/aromatic N) is 2. The molecule has 0 saturated carbocycles. The van der Waals surface area contributed by atoms with Crippen molar-refractivity contribution in [2.45, 2.75) is 40.0 Å². The first-order valence-corrected chi connectivity index (χ1v) is 10.0. The minimum atomic E-state index is -0.645. The summed E-state index contributed by atoms with van der Waals surface area (Å²) in [6.45, 7) is 4.90. The Kier molecular flexibility index (Phi) is 8.75. The minimum absolute atomic E-state index is 0.219. The molecule has 164 valence electrons. The first kappa shape index (κ1) is 23.6. The van der Waals surface area contributed by atoms with Crippen LogP contribution in [0.25, 0.3) is 0 Å². The van der Waals surface area contributed by atoms with Gasteiger partial charge in [0.15, 0.2) is 5.70 Å². The number of carbonyl (C=O) groups excluding carboxylic acids is 2. The van der Waals surface area contributed by atoms with Crippen molar-refractivity contribution < 1.29 is 19.4 Å². The van der Waals surface area contributed by atoms with Crippen LogP contribution in [0.4, 0.5) is 17.1 Å². The molecule has 2 rings (SSSR count). The molecule has 8 nitrogen and oxygen atoms in total. The Morgan fingerprint density at radius 3 is 2.35 bits per heavy atom. The number of hydrogen-bond acceptors (Lipinski definition) is 6. The van der Waals surface area contributed by atoms with Crippen LogP contribution in [0.15, 0.2) is 64.1 Å². The normalized spacial score (nSPS) is 11.7. The Morgan fingerprint density at radius 2 is 1.77 bits per heavy atom. The third-order valence-corrected chi connectivity index (χ3v) is 4.35. The molecule has 0 aliphatic rings. The van der Waals surface area contributed by atoms with Gasteiger partial charge in [0.25, 0.3) is 5.91 Å². The van der Waals surface area contributed by atoms with Gasteiger partial charge in [-0.15, -0.1) is 5.11 Å². The smallest absolute Gasteiger partial charge is 0.279 e. The van der Waals surface area contributed by atoms with Gasteiger partial charge < -0.3 is 20.5 Å². The largest absolute Gasteiger partial charge is 0.510 e. The standard InChI is InChI=1S/C23H28N4O4/c1-5-6-7-17-8-10-18(11-9-17)26-27-22(15(2)28)23(30)25-20-13-12-19(24-16(3)29)14-21(20)31-4/h8-14,28H,5-7H2,1-4H3,(H,24,29)(H,25,30). The van der Waals surface area contributed by atoms with Crippen LogP contribution >= 0.6 is 0 Å². The number of aryl methyl sites for hydroxylation is 1. The van der Waals surface area contributed by atoms with Crippen LogP contribution in [0.2, 0.25) is 0 Å². The van der Waals surface area contributed by atoms with E-state index in [2.05, 4.69) is 27.8 Å². The van der Waals surface area contributed by atoms with Crippen molar-refractivity contribution in [1.29, 1.82) is 0 Å². The third-order valence-electron chi connectivity index (χ3n) is 4.35. The Hall–Kier alpha value is -3.68. The number of amides is 2. The van der Waals surface area contributed by atoms with Crippen LogP contribution in [0.1, 0.15) is 39.2 Å². The number of aliphatic hydroxyl groups is 1. The van der Waals surface area contributed by atoms with Gasteiger partial charge in [0.05, 0.1) is 18.5 Å². The lowest BCUT2D eigenvalue weighted by Gasteiger charge is -2.12. The van der Waals surface area contributed by atoms with E-state index < -0.39 is 5.91 Å². The maximum atomic E-state index is 12.7. The topological polar surface area (TPSA) is 112 Å². The second kappa shape index (κ2) is 11.5. The molecule has 0 saturated heterocycles. The number of unbranched alkanes of at least 4 members (excludes halogenated alkanes) is 1. The fourth-order valence-corrected chi connectivity index (χ4v) is 2.76. The van der Waals surface area contributed by atoms with Gasteiger partial charge >= 0.3 is 0 Å². The van der Waals surface area contributed by atoms with Crippen molar-refractivity contribution in [2.75, 3.05) is 17.7 Å². The second-order valence-electron chi connectivity index (χ2n) is 6.95. The van der Waals surface area contributed by atoms with Crippen molar-refractivity contribution in [2.24, 2.45) is 10.2 Å². The fraction of sp³-hybridized carbons (Fsp3) is 0.304. The van der Waals surface area contributed by atoms with E-state index >= 15 is 0 Å². The number of carbonyl (C=O) groups is 2. The summed E-state index contributed by atoms with van der Waals surface area (Å²) in [5.41, 5.74) is 2.45. The number of rotatable bonds is 9. The number of allylic oxidation sites excluding steroid dienone is 1. The average molecular weight is 425 g/mol. The fourth-order valence-electron chi connectivity index (χ4n) is 2.76. The van der Waals surface area contributed by atoms with Crippen LogP contribution < -0.4 is 15.4 Å². The molecule has 2 aromatic rings. The number of hydrogen-bond donors (Lipinski definition) is 3. The lowest BCUT2D eigenvalue weighted by molar-refractivity contribution is -0.114. The molecule has 0 aliphatic carbocycles. The summed E-state index contributed by atoms with van der Waals surface area (Å²) in [6, 6.07) is 12.4. The lowest BCUT2D eigenvalue weighted by atomic mass is 10.1. The molecule has 0 unspecified atom stereocenters. The zero-order valence-corrected chi connectivity index (χ0v) is 18.2. The van der Waals surface area contributed by atoms with Crippen molar-refractivity contribution in [3.05, 3.63) is 59.5 Å². The molecule has 8 heteroatoms. The van der Waals surface area contributed by atoms with Gasteiger partial charge in [0, 0.05) is 18.7 Å². The quantitative estimate of drug-likeness (QED) is 0.280. The van der Waals surface area contributed by atoms with Gasteiger partial charge in [0.2, 0.25) is 5.91 Å². The molecule has 0 radical (unpaired) electrons. The highest BCUT2D eigenvalue weighted by atomic mass is 16.5. The summed E-state index contributed by atoms with van der Waals surface area (Å²) in [6.07, 6.45) is 3.24. The summed E-state index contributed by atoms with van der Waals surface area (Å²) in [4.78, 5) is 23.9. The summed E-state index contributed by atoms with van der Waals surface area (Å²) in [5.74, 6) is -0.795. The van der Waals surface area contributed by atoms with Gasteiger partial charge in [-0.2, -0.15) is 5.11 Å². The van der Waals surface area contributed by atoms with Crippen molar-refractivity contribution >= 4 is 28.9 Å². The van der Waals surface area contributed by atoms with Crippen LogP contribution in [0, 0.1) is 0 Å². The van der Waals surface area contributed by atoms with Crippen molar-refractivity contribution in [1.82, 2.24) is 0 Å². The Morgan fingerprint density at radius 1 is 1.06 bits per heavy atom. The van der Waals surface area contributed by atoms with Crippen LogP contribution in [0.5, 0.6) is 5.75 Å². The zero-order valence-electron chi connectivity index (χ0n) is 18.2. The maximum absolute atomic E-state index is 12.7. The molecule has 0 spiro atoms. The second-order valence-corrected chi connectivity index (χ2v) is 6.95. The first-order valence-electron chi connectivity index (χ1n) is 10.0. The number of methoxy groups -OCH3 is 1. The average Bonchev–Trinajstić information content (AvgIpc) is 2.73. The highest BCUT2D eigenvalue weighted by Crippen LogP contribution is 2.29. The molecule has 0 atom stereocenters. The monoisotopic (exact) mass is 424 g/mol. The first-order chi connectivity index (χ1) is 14.8. The lowest BCUT2D eigenvalue weighted by Crippen LogP contribution is -2.15. The molecule has 2 aromatic carbocycles. The van der Waals surface area contributed by atoms with Crippen molar-refractivity contribution in [3.8, 4) is 5.75 Å². The molecule has 3 N–H and O–H groups in total. The number of aliphatic hydroxyl groups excluding tert-OH is 1. The Balaban J connectivity index is 2.15. The van der Waals surface area contributed by atoms with E-state index in [-0.39, 0.29) is 17.4 Å². The highest BCUT2D eigenvalue weighted by Gasteiger charge is 2.16. The van der Waals surface area contributed by atoms with Gasteiger partial charge in [-0.1, -0.05) is 25.5 Å². The predicted molar refractivity (Wildman–Crippen MR) is 121 cm³/mol. The maximum Gasteiger partial charge on any atom is 0.279 e. The van der Waals surface area contributed by atoms with Crippen LogP contribution in [0.3, 0.4) is 0 Å². The number of nitrogens with one attached hydrogen (secondary N) is 2. The van der Waals surface area contributed by atoms with E-state index in [4.69, 9.17) is 4.74 Å². The number of azo groups is 1. The predicted octanol–water partition coefficient (Wildman–Crippen LogP) is 5.51. The zero-order chi connectivity index (χ0) is 22.8. The van der Waals surface area contributed by atoms with E-state index in [1.54, 1.807) is 18.2 Å². The number of ether oxygens (including phenoxy) is 1. The summed E-state index contributed by atoms with van der Waals surface area (Å²) < 4.78 is 5.28. The summed E-state index contributed by atoms with van der Waals surface area (Å²) in [5, 5.41) is 23.2. The third kappa shape index (κ3) is 7.26. The molecule has 0 aromatic heterocycles. The van der Waals surface area contributed by atoms with E-state index in [1.165, 1.54) is 26.5 Å². The SMILES string of the molecule is CCCCc1ccc(N=NC(C(=O)Nc2ccc(NC(C)=O)cc2OC)=C(C)O)cc1. The van der Waals surface area contributed by atoms with Crippen LogP contribution in [-0.2, 0) is 16.0 Å². The van der Waals surface area contributed by atoms with Crippen molar-refractivity contribution in [3.63, 3.8) is 0 Å². The molecular formula is C23H28N4O4.